The van der Waals surface area contributed by atoms with Crippen LogP contribution in [-0.4, -0.2) is 41.9 Å². The highest BCUT2D eigenvalue weighted by molar-refractivity contribution is 7.10. The van der Waals surface area contributed by atoms with Crippen molar-refractivity contribution in [3.05, 3.63) is 58.3 Å². The Kier molecular flexibility index (Phi) is 4.19. The van der Waals surface area contributed by atoms with Crippen LogP contribution in [0.25, 0.3) is 0 Å². The van der Waals surface area contributed by atoms with Crippen molar-refractivity contribution in [1.29, 1.82) is 0 Å². The molecule has 0 spiro atoms. The van der Waals surface area contributed by atoms with Gasteiger partial charge in [0.25, 0.3) is 0 Å². The second-order valence-electron chi connectivity index (χ2n) is 6.55. The molecule has 2 heterocycles. The summed E-state index contributed by atoms with van der Waals surface area (Å²) in [5, 5.41) is 2.11. The van der Waals surface area contributed by atoms with Crippen LogP contribution in [0.2, 0.25) is 0 Å². The fraction of sp³-hybridized carbons (Fsp3) is 0.421. The van der Waals surface area contributed by atoms with Crippen molar-refractivity contribution >= 4 is 17.2 Å². The molecule has 0 radical (unpaired) electrons. The lowest BCUT2D eigenvalue weighted by Crippen LogP contribution is -2.48. The van der Waals surface area contributed by atoms with Crippen molar-refractivity contribution in [3.8, 4) is 0 Å². The van der Waals surface area contributed by atoms with E-state index in [1.54, 1.807) is 11.3 Å². The van der Waals surface area contributed by atoms with Crippen LogP contribution in [0.3, 0.4) is 0 Å². The lowest BCUT2D eigenvalue weighted by molar-refractivity contribution is -0.134. The molecular formula is C19H22N2OS. The summed E-state index contributed by atoms with van der Waals surface area (Å²) in [5.74, 6) is 1.11. The molecule has 1 amide bonds. The third-order valence-electron chi connectivity index (χ3n) is 4.95. The van der Waals surface area contributed by atoms with E-state index in [0.717, 1.165) is 39.1 Å². The van der Waals surface area contributed by atoms with Gasteiger partial charge < -0.3 is 4.90 Å². The number of benzene rings is 1. The van der Waals surface area contributed by atoms with Gasteiger partial charge in [0.2, 0.25) is 5.91 Å². The van der Waals surface area contributed by atoms with Crippen molar-refractivity contribution in [2.45, 2.75) is 18.9 Å². The molecule has 4 heteroatoms. The zero-order chi connectivity index (χ0) is 15.6. The number of carbonyl (C=O) groups is 1. The molecule has 1 aromatic carbocycles. The first kappa shape index (κ1) is 14.9. The number of piperazine rings is 1. The highest BCUT2D eigenvalue weighted by atomic mass is 32.1. The van der Waals surface area contributed by atoms with Crippen LogP contribution in [0.5, 0.6) is 0 Å². The van der Waals surface area contributed by atoms with E-state index in [2.05, 4.69) is 57.6 Å². The van der Waals surface area contributed by atoms with Gasteiger partial charge in [0.05, 0.1) is 0 Å². The SMILES string of the molecule is O=C(C1CC1c1cccs1)N1CCN(Cc2ccccc2)CC1. The summed E-state index contributed by atoms with van der Waals surface area (Å²) in [6.07, 6.45) is 1.05. The zero-order valence-electron chi connectivity index (χ0n) is 13.2. The Morgan fingerprint density at radius 1 is 1.04 bits per heavy atom. The molecule has 23 heavy (non-hydrogen) atoms. The maximum atomic E-state index is 12.6. The highest BCUT2D eigenvalue weighted by Crippen LogP contribution is 2.50. The molecule has 3 nitrogen and oxygen atoms in total. The van der Waals surface area contributed by atoms with Gasteiger partial charge in [-0.25, -0.2) is 0 Å². The standard InChI is InChI=1S/C19H22N2OS/c22-19(17-13-16(17)18-7-4-12-23-18)21-10-8-20(9-11-21)14-15-5-2-1-3-6-15/h1-7,12,16-17H,8-11,13-14H2. The van der Waals surface area contributed by atoms with Crippen LogP contribution in [0.4, 0.5) is 0 Å². The van der Waals surface area contributed by atoms with E-state index in [-0.39, 0.29) is 5.92 Å². The van der Waals surface area contributed by atoms with Crippen LogP contribution in [-0.2, 0) is 11.3 Å². The molecule has 2 aromatic rings. The lowest BCUT2D eigenvalue weighted by Gasteiger charge is -2.35. The largest absolute Gasteiger partial charge is 0.340 e. The summed E-state index contributed by atoms with van der Waals surface area (Å²) in [6.45, 7) is 4.71. The molecule has 1 aromatic heterocycles. The van der Waals surface area contributed by atoms with E-state index in [0.29, 0.717) is 11.8 Å². The first-order valence-corrected chi connectivity index (χ1v) is 9.28. The maximum absolute atomic E-state index is 12.6. The Bertz CT molecular complexity index is 647. The van der Waals surface area contributed by atoms with Crippen LogP contribution < -0.4 is 0 Å². The molecule has 2 fully saturated rings. The second-order valence-corrected chi connectivity index (χ2v) is 7.53. The number of hydrogen-bond acceptors (Lipinski definition) is 3. The quantitative estimate of drug-likeness (QED) is 0.861. The summed E-state index contributed by atoms with van der Waals surface area (Å²) >= 11 is 1.78. The minimum atomic E-state index is 0.245. The Balaban J connectivity index is 1.28. The number of amides is 1. The molecule has 4 rings (SSSR count). The fourth-order valence-corrected chi connectivity index (χ4v) is 4.39. The van der Waals surface area contributed by atoms with Gasteiger partial charge in [-0.1, -0.05) is 36.4 Å². The minimum Gasteiger partial charge on any atom is -0.340 e. The van der Waals surface area contributed by atoms with E-state index in [1.165, 1.54) is 10.4 Å². The molecule has 2 aliphatic rings. The van der Waals surface area contributed by atoms with Crippen LogP contribution in [0, 0.1) is 5.92 Å². The van der Waals surface area contributed by atoms with Crippen molar-refractivity contribution in [2.75, 3.05) is 26.2 Å². The van der Waals surface area contributed by atoms with Gasteiger partial charge in [-0.15, -0.1) is 11.3 Å². The highest BCUT2D eigenvalue weighted by Gasteiger charge is 2.46. The summed E-state index contributed by atoms with van der Waals surface area (Å²) in [7, 11) is 0. The van der Waals surface area contributed by atoms with Gasteiger partial charge in [-0.3, -0.25) is 9.69 Å². The van der Waals surface area contributed by atoms with Gasteiger partial charge in [-0.2, -0.15) is 0 Å². The van der Waals surface area contributed by atoms with Gasteiger partial charge >= 0.3 is 0 Å². The molecule has 0 bridgehead atoms. The Labute approximate surface area is 141 Å². The first-order valence-electron chi connectivity index (χ1n) is 8.40. The van der Waals surface area contributed by atoms with Gasteiger partial charge in [0, 0.05) is 49.4 Å². The topological polar surface area (TPSA) is 23.6 Å². The van der Waals surface area contributed by atoms with E-state index >= 15 is 0 Å². The molecule has 2 unspecified atom stereocenters. The van der Waals surface area contributed by atoms with Crippen molar-refractivity contribution < 1.29 is 4.79 Å². The zero-order valence-corrected chi connectivity index (χ0v) is 14.0. The number of nitrogens with zero attached hydrogens (tertiary/aromatic N) is 2. The van der Waals surface area contributed by atoms with Crippen molar-refractivity contribution in [1.82, 2.24) is 9.80 Å². The van der Waals surface area contributed by atoms with Gasteiger partial charge in [-0.05, 0) is 23.4 Å². The van der Waals surface area contributed by atoms with Crippen LogP contribution >= 0.6 is 11.3 Å². The van der Waals surface area contributed by atoms with Gasteiger partial charge in [0.1, 0.15) is 0 Å². The molecule has 0 N–H and O–H groups in total. The number of rotatable bonds is 4. The maximum Gasteiger partial charge on any atom is 0.226 e. The van der Waals surface area contributed by atoms with Crippen molar-refractivity contribution in [3.63, 3.8) is 0 Å². The van der Waals surface area contributed by atoms with Crippen LogP contribution in [0.15, 0.2) is 47.8 Å². The summed E-state index contributed by atoms with van der Waals surface area (Å²) in [4.78, 5) is 18.6. The van der Waals surface area contributed by atoms with E-state index in [4.69, 9.17) is 0 Å². The summed E-state index contributed by atoms with van der Waals surface area (Å²) in [6, 6.07) is 14.8. The molecule has 1 saturated heterocycles. The smallest absolute Gasteiger partial charge is 0.226 e. The Morgan fingerprint density at radius 2 is 1.83 bits per heavy atom. The van der Waals surface area contributed by atoms with E-state index in [1.807, 2.05) is 0 Å². The molecule has 2 atom stereocenters. The third-order valence-corrected chi connectivity index (χ3v) is 5.95. The number of hydrogen-bond donors (Lipinski definition) is 0. The van der Waals surface area contributed by atoms with E-state index in [9.17, 15) is 4.79 Å². The first-order chi connectivity index (χ1) is 11.3. The van der Waals surface area contributed by atoms with Gasteiger partial charge in [0.15, 0.2) is 0 Å². The average molecular weight is 326 g/mol. The predicted molar refractivity (Wildman–Crippen MR) is 93.5 cm³/mol. The molecular weight excluding hydrogens is 304 g/mol. The summed E-state index contributed by atoms with van der Waals surface area (Å²) < 4.78 is 0. The normalized spacial score (nSPS) is 24.6. The van der Waals surface area contributed by atoms with Crippen LogP contribution in [0.1, 0.15) is 22.8 Å². The lowest BCUT2D eigenvalue weighted by atomic mass is 10.2. The number of thiophene rings is 1. The number of carbonyl (C=O) groups excluding carboxylic acids is 1. The minimum absolute atomic E-state index is 0.245. The fourth-order valence-electron chi connectivity index (χ4n) is 3.49. The Morgan fingerprint density at radius 3 is 2.52 bits per heavy atom. The summed E-state index contributed by atoms with van der Waals surface area (Å²) in [5.41, 5.74) is 1.35. The Hall–Kier alpha value is -1.65. The molecule has 1 saturated carbocycles. The average Bonchev–Trinajstić information content (AvgIpc) is 3.21. The predicted octanol–water partition coefficient (Wildman–Crippen LogP) is 3.20. The molecule has 1 aliphatic heterocycles. The molecule has 1 aliphatic carbocycles. The second kappa shape index (κ2) is 6.46. The van der Waals surface area contributed by atoms with Crippen molar-refractivity contribution in [2.24, 2.45) is 5.92 Å². The van der Waals surface area contributed by atoms with E-state index < -0.39 is 0 Å². The molecule has 120 valence electrons. The third kappa shape index (κ3) is 3.33. The monoisotopic (exact) mass is 326 g/mol.